The van der Waals surface area contributed by atoms with E-state index in [9.17, 15) is 12.8 Å². The summed E-state index contributed by atoms with van der Waals surface area (Å²) in [5.74, 6) is -0.863. The number of hydrogen-bond acceptors (Lipinski definition) is 4. The van der Waals surface area contributed by atoms with Crippen LogP contribution in [0.5, 0.6) is 11.5 Å². The highest BCUT2D eigenvalue weighted by molar-refractivity contribution is 8.13. The topological polar surface area (TPSA) is 52.6 Å². The Balaban J connectivity index is 3.21. The lowest BCUT2D eigenvalue weighted by atomic mass is 10.2. The summed E-state index contributed by atoms with van der Waals surface area (Å²) in [7, 11) is 3.96. The number of halogens is 2. The van der Waals surface area contributed by atoms with Crippen molar-refractivity contribution >= 4 is 19.7 Å². The van der Waals surface area contributed by atoms with Crippen molar-refractivity contribution in [3.05, 3.63) is 23.5 Å². The van der Waals surface area contributed by atoms with Crippen LogP contribution in [0.1, 0.15) is 5.56 Å². The summed E-state index contributed by atoms with van der Waals surface area (Å²) in [5, 5.41) is 0. The monoisotopic (exact) mass is 268 g/mol. The summed E-state index contributed by atoms with van der Waals surface area (Å²) < 4.78 is 44.9. The van der Waals surface area contributed by atoms with Gasteiger partial charge in [-0.15, -0.1) is 0 Å². The minimum absolute atomic E-state index is 0.0624. The van der Waals surface area contributed by atoms with Gasteiger partial charge in [-0.05, 0) is 6.07 Å². The van der Waals surface area contributed by atoms with Crippen molar-refractivity contribution in [3.63, 3.8) is 0 Å². The van der Waals surface area contributed by atoms with E-state index in [1.165, 1.54) is 20.3 Å². The van der Waals surface area contributed by atoms with Crippen molar-refractivity contribution in [2.45, 2.75) is 5.75 Å². The largest absolute Gasteiger partial charge is 0.493 e. The van der Waals surface area contributed by atoms with Crippen molar-refractivity contribution < 1.29 is 22.3 Å². The molecule has 1 aromatic rings. The molecule has 0 aromatic heterocycles. The molecule has 0 heterocycles. The van der Waals surface area contributed by atoms with Crippen molar-refractivity contribution in [1.82, 2.24) is 0 Å². The first-order valence-corrected chi connectivity index (χ1v) is 6.68. The molecule has 0 fully saturated rings. The fourth-order valence-corrected chi connectivity index (χ4v) is 2.14. The van der Waals surface area contributed by atoms with E-state index in [2.05, 4.69) is 0 Å². The first kappa shape index (κ1) is 13.1. The van der Waals surface area contributed by atoms with Gasteiger partial charge in [0.15, 0.2) is 11.5 Å². The highest BCUT2D eigenvalue weighted by Crippen LogP contribution is 2.30. The second kappa shape index (κ2) is 4.88. The Hall–Kier alpha value is -1.01. The highest BCUT2D eigenvalue weighted by atomic mass is 35.7. The van der Waals surface area contributed by atoms with Gasteiger partial charge in [-0.1, -0.05) is 0 Å². The number of ether oxygens (including phenoxy) is 2. The molecule has 0 aliphatic rings. The molecule has 0 bridgehead atoms. The Morgan fingerprint density at radius 3 is 2.19 bits per heavy atom. The van der Waals surface area contributed by atoms with Crippen LogP contribution in [0.15, 0.2) is 12.1 Å². The SMILES string of the molecule is COc1cc(F)c(CS(=O)(=O)Cl)cc1OC. The summed E-state index contributed by atoms with van der Waals surface area (Å²) in [6.07, 6.45) is 0. The molecular formula is C9H10ClFO4S. The summed E-state index contributed by atoms with van der Waals surface area (Å²) in [4.78, 5) is 0. The molecule has 1 rings (SSSR count). The van der Waals surface area contributed by atoms with E-state index >= 15 is 0 Å². The molecule has 4 nitrogen and oxygen atoms in total. The van der Waals surface area contributed by atoms with Crippen LogP contribution in [-0.4, -0.2) is 22.6 Å². The standard InChI is InChI=1S/C9H10ClFO4S/c1-14-8-3-6(5-16(10,12)13)7(11)4-9(8)15-2/h3-4H,5H2,1-2H3. The summed E-state index contributed by atoms with van der Waals surface area (Å²) in [6, 6.07) is 2.30. The summed E-state index contributed by atoms with van der Waals surface area (Å²) >= 11 is 0. The summed E-state index contributed by atoms with van der Waals surface area (Å²) in [5.41, 5.74) is -0.0624. The smallest absolute Gasteiger partial charge is 0.236 e. The third-order valence-electron chi connectivity index (χ3n) is 1.88. The van der Waals surface area contributed by atoms with E-state index < -0.39 is 20.6 Å². The van der Waals surface area contributed by atoms with Gasteiger partial charge < -0.3 is 9.47 Å². The van der Waals surface area contributed by atoms with E-state index in [0.717, 1.165) is 6.07 Å². The molecule has 90 valence electrons. The molecule has 1 aromatic carbocycles. The Kier molecular flexibility index (Phi) is 3.98. The molecule has 0 aliphatic heterocycles. The predicted octanol–water partition coefficient (Wildman–Crippen LogP) is 1.91. The van der Waals surface area contributed by atoms with Crippen molar-refractivity contribution in [1.29, 1.82) is 0 Å². The van der Waals surface area contributed by atoms with Crippen LogP contribution in [0.25, 0.3) is 0 Å². The lowest BCUT2D eigenvalue weighted by molar-refractivity contribution is 0.352. The fraction of sp³-hybridized carbons (Fsp3) is 0.333. The highest BCUT2D eigenvalue weighted by Gasteiger charge is 2.16. The van der Waals surface area contributed by atoms with E-state index in [0.29, 0.717) is 0 Å². The zero-order valence-corrected chi connectivity index (χ0v) is 10.2. The molecule has 0 N–H and O–H groups in total. The second-order valence-electron chi connectivity index (χ2n) is 2.98. The molecule has 0 spiro atoms. The Morgan fingerprint density at radius 1 is 1.25 bits per heavy atom. The normalized spacial score (nSPS) is 11.2. The molecule has 0 saturated heterocycles. The molecule has 0 amide bonds. The van der Waals surface area contributed by atoms with Gasteiger partial charge in [0.1, 0.15) is 5.82 Å². The molecule has 16 heavy (non-hydrogen) atoms. The van der Waals surface area contributed by atoms with Gasteiger partial charge in [0.05, 0.1) is 20.0 Å². The quantitative estimate of drug-likeness (QED) is 0.783. The van der Waals surface area contributed by atoms with Crippen LogP contribution < -0.4 is 9.47 Å². The molecule has 7 heteroatoms. The van der Waals surface area contributed by atoms with E-state index in [1.54, 1.807) is 0 Å². The zero-order valence-electron chi connectivity index (χ0n) is 8.66. The average molecular weight is 269 g/mol. The van der Waals surface area contributed by atoms with Gasteiger partial charge in [0.2, 0.25) is 9.05 Å². The van der Waals surface area contributed by atoms with Gasteiger partial charge >= 0.3 is 0 Å². The van der Waals surface area contributed by atoms with Crippen LogP contribution in [0, 0.1) is 5.82 Å². The van der Waals surface area contributed by atoms with Crippen LogP contribution in [0.4, 0.5) is 4.39 Å². The van der Waals surface area contributed by atoms with Crippen molar-refractivity contribution in [2.24, 2.45) is 0 Å². The minimum Gasteiger partial charge on any atom is -0.493 e. The Labute approximate surface area is 97.4 Å². The number of benzene rings is 1. The van der Waals surface area contributed by atoms with Crippen LogP contribution in [0.2, 0.25) is 0 Å². The molecule has 0 saturated carbocycles. The number of methoxy groups -OCH3 is 2. The molecule has 0 atom stereocenters. The lowest BCUT2D eigenvalue weighted by Gasteiger charge is -2.09. The maximum absolute atomic E-state index is 13.4. The van der Waals surface area contributed by atoms with Gasteiger partial charge in [0.25, 0.3) is 0 Å². The average Bonchev–Trinajstić information content (AvgIpc) is 2.18. The summed E-state index contributed by atoms with van der Waals surface area (Å²) in [6.45, 7) is 0. The molecule has 0 radical (unpaired) electrons. The number of hydrogen-bond donors (Lipinski definition) is 0. The van der Waals surface area contributed by atoms with Gasteiger partial charge in [-0.3, -0.25) is 0 Å². The maximum Gasteiger partial charge on any atom is 0.236 e. The second-order valence-corrected chi connectivity index (χ2v) is 5.76. The minimum atomic E-state index is -3.81. The number of rotatable bonds is 4. The third-order valence-corrected chi connectivity index (χ3v) is 2.86. The van der Waals surface area contributed by atoms with Crippen molar-refractivity contribution in [2.75, 3.05) is 14.2 Å². The third kappa shape index (κ3) is 3.24. The predicted molar refractivity (Wildman–Crippen MR) is 58.0 cm³/mol. The lowest BCUT2D eigenvalue weighted by Crippen LogP contribution is -2.00. The van der Waals surface area contributed by atoms with Crippen LogP contribution in [-0.2, 0) is 14.8 Å². The van der Waals surface area contributed by atoms with Gasteiger partial charge in [-0.2, -0.15) is 0 Å². The van der Waals surface area contributed by atoms with Crippen LogP contribution >= 0.6 is 10.7 Å². The van der Waals surface area contributed by atoms with Gasteiger partial charge in [0, 0.05) is 22.3 Å². The first-order valence-electron chi connectivity index (χ1n) is 4.20. The fourth-order valence-electron chi connectivity index (χ4n) is 1.19. The molecule has 0 unspecified atom stereocenters. The Morgan fingerprint density at radius 2 is 1.75 bits per heavy atom. The van der Waals surface area contributed by atoms with E-state index in [-0.39, 0.29) is 17.1 Å². The van der Waals surface area contributed by atoms with Crippen LogP contribution in [0.3, 0.4) is 0 Å². The molecular weight excluding hydrogens is 259 g/mol. The molecule has 0 aliphatic carbocycles. The van der Waals surface area contributed by atoms with Crippen molar-refractivity contribution in [3.8, 4) is 11.5 Å². The first-order chi connectivity index (χ1) is 7.37. The maximum atomic E-state index is 13.4. The zero-order chi connectivity index (χ0) is 12.3. The van der Waals surface area contributed by atoms with Gasteiger partial charge in [-0.25, -0.2) is 12.8 Å². The van der Waals surface area contributed by atoms with E-state index in [1.807, 2.05) is 0 Å². The Bertz CT molecular complexity index is 487. The van der Waals surface area contributed by atoms with E-state index in [4.69, 9.17) is 20.2 Å².